The monoisotopic (exact) mass is 304 g/mol. The van der Waals surface area contributed by atoms with Crippen LogP contribution in [0.15, 0.2) is 16.6 Å². The first-order valence-corrected chi connectivity index (χ1v) is 8.20. The predicted molar refractivity (Wildman–Crippen MR) is 82.5 cm³/mol. The van der Waals surface area contributed by atoms with Crippen molar-refractivity contribution >= 4 is 6.03 Å². The lowest BCUT2D eigenvalue weighted by Gasteiger charge is -2.31. The van der Waals surface area contributed by atoms with E-state index in [1.807, 2.05) is 4.90 Å². The van der Waals surface area contributed by atoms with Crippen molar-refractivity contribution in [2.24, 2.45) is 5.92 Å². The number of carbonyl (C=O) groups is 1. The first kappa shape index (κ1) is 15.1. The molecule has 1 unspecified atom stereocenters. The molecule has 2 amide bonds. The third kappa shape index (κ3) is 3.67. The van der Waals surface area contributed by atoms with Crippen LogP contribution in [0, 0.1) is 12.8 Å². The van der Waals surface area contributed by atoms with Gasteiger partial charge in [-0.2, -0.15) is 0 Å². The first-order chi connectivity index (χ1) is 10.7. The lowest BCUT2D eigenvalue weighted by molar-refractivity contribution is 0.175. The van der Waals surface area contributed by atoms with Gasteiger partial charge in [0.15, 0.2) is 0 Å². The van der Waals surface area contributed by atoms with Crippen molar-refractivity contribution in [1.29, 1.82) is 0 Å². The maximum Gasteiger partial charge on any atom is 0.317 e. The molecule has 1 aromatic rings. The van der Waals surface area contributed by atoms with Crippen LogP contribution in [-0.4, -0.2) is 40.8 Å². The number of rotatable bonds is 3. The molecule has 2 aliphatic rings. The summed E-state index contributed by atoms with van der Waals surface area (Å²) in [6.45, 7) is 4.09. The zero-order chi connectivity index (χ0) is 15.4. The predicted octanol–water partition coefficient (Wildman–Crippen LogP) is 2.62. The number of likely N-dealkylation sites (tertiary alicyclic amines) is 1. The van der Waals surface area contributed by atoms with Crippen molar-refractivity contribution in [2.75, 3.05) is 19.6 Å². The minimum absolute atomic E-state index is 0.0645. The number of allylic oxidation sites excluding steroid dienone is 2. The Morgan fingerprint density at radius 2 is 2.14 bits per heavy atom. The number of aromatic nitrogens is 2. The van der Waals surface area contributed by atoms with E-state index in [1.54, 1.807) is 6.92 Å². The second kappa shape index (κ2) is 6.94. The fourth-order valence-electron chi connectivity index (χ4n) is 3.19. The first-order valence-electron chi connectivity index (χ1n) is 8.20. The number of hydrogen-bond acceptors (Lipinski definition) is 4. The van der Waals surface area contributed by atoms with Crippen LogP contribution in [0.25, 0.3) is 0 Å². The lowest BCUT2D eigenvalue weighted by atomic mass is 9.94. The normalized spacial score (nSPS) is 22.8. The van der Waals surface area contributed by atoms with Gasteiger partial charge in [-0.1, -0.05) is 12.2 Å². The Morgan fingerprint density at radius 1 is 1.32 bits per heavy atom. The van der Waals surface area contributed by atoms with E-state index in [0.29, 0.717) is 17.7 Å². The second-order valence-electron chi connectivity index (χ2n) is 6.26. The van der Waals surface area contributed by atoms with Crippen molar-refractivity contribution in [3.8, 4) is 0 Å². The molecule has 1 aliphatic carbocycles. The van der Waals surface area contributed by atoms with Crippen LogP contribution in [0.5, 0.6) is 0 Å². The summed E-state index contributed by atoms with van der Waals surface area (Å²) >= 11 is 0. The molecule has 0 radical (unpaired) electrons. The van der Waals surface area contributed by atoms with Crippen molar-refractivity contribution in [2.45, 2.75) is 44.9 Å². The number of aryl methyl sites for hydroxylation is 1. The van der Waals surface area contributed by atoms with Gasteiger partial charge in [-0.05, 0) is 38.0 Å². The topological polar surface area (TPSA) is 71.3 Å². The van der Waals surface area contributed by atoms with Crippen LogP contribution in [0.3, 0.4) is 0 Å². The van der Waals surface area contributed by atoms with E-state index in [2.05, 4.69) is 27.7 Å². The summed E-state index contributed by atoms with van der Waals surface area (Å²) in [5.41, 5.74) is 0. The highest BCUT2D eigenvalue weighted by Gasteiger charge is 2.27. The van der Waals surface area contributed by atoms with E-state index < -0.39 is 0 Å². The summed E-state index contributed by atoms with van der Waals surface area (Å²) < 4.78 is 5.50. The molecule has 120 valence electrons. The van der Waals surface area contributed by atoms with Crippen LogP contribution >= 0.6 is 0 Å². The molecular formula is C16H24N4O2. The van der Waals surface area contributed by atoms with Gasteiger partial charge in [-0.25, -0.2) is 4.79 Å². The summed E-state index contributed by atoms with van der Waals surface area (Å²) in [5.74, 6) is 2.20. The molecule has 3 rings (SSSR count). The molecular weight excluding hydrogens is 280 g/mol. The van der Waals surface area contributed by atoms with E-state index in [4.69, 9.17) is 4.42 Å². The van der Waals surface area contributed by atoms with Crippen molar-refractivity contribution in [3.05, 3.63) is 23.9 Å². The molecule has 1 aliphatic heterocycles. The van der Waals surface area contributed by atoms with Gasteiger partial charge in [0, 0.05) is 32.5 Å². The van der Waals surface area contributed by atoms with Crippen LogP contribution in [0.2, 0.25) is 0 Å². The highest BCUT2D eigenvalue weighted by Crippen LogP contribution is 2.27. The quantitative estimate of drug-likeness (QED) is 0.871. The zero-order valence-electron chi connectivity index (χ0n) is 13.1. The van der Waals surface area contributed by atoms with E-state index in [0.717, 1.165) is 45.3 Å². The second-order valence-corrected chi connectivity index (χ2v) is 6.26. The molecule has 2 heterocycles. The average molecular weight is 304 g/mol. The fourth-order valence-corrected chi connectivity index (χ4v) is 3.19. The van der Waals surface area contributed by atoms with Crippen LogP contribution < -0.4 is 5.32 Å². The van der Waals surface area contributed by atoms with E-state index in [1.165, 1.54) is 6.42 Å². The molecule has 0 bridgehead atoms. The molecule has 1 N–H and O–H groups in total. The Hall–Kier alpha value is -1.85. The van der Waals surface area contributed by atoms with Gasteiger partial charge in [-0.15, -0.1) is 10.2 Å². The van der Waals surface area contributed by atoms with Gasteiger partial charge in [0.25, 0.3) is 0 Å². The van der Waals surface area contributed by atoms with Gasteiger partial charge < -0.3 is 14.6 Å². The Morgan fingerprint density at radius 3 is 2.77 bits per heavy atom. The number of carbonyl (C=O) groups excluding carboxylic acids is 1. The van der Waals surface area contributed by atoms with Gasteiger partial charge in [0.1, 0.15) is 0 Å². The van der Waals surface area contributed by atoms with Gasteiger partial charge >= 0.3 is 6.03 Å². The number of piperidine rings is 1. The average Bonchev–Trinajstić information content (AvgIpc) is 3.00. The highest BCUT2D eigenvalue weighted by atomic mass is 16.4. The summed E-state index contributed by atoms with van der Waals surface area (Å²) in [5, 5.41) is 11.1. The van der Waals surface area contributed by atoms with Crippen LogP contribution in [0.1, 0.15) is 49.8 Å². The maximum absolute atomic E-state index is 12.2. The van der Waals surface area contributed by atoms with E-state index in [-0.39, 0.29) is 11.9 Å². The fraction of sp³-hybridized carbons (Fsp3) is 0.688. The summed E-state index contributed by atoms with van der Waals surface area (Å²) in [6.07, 6.45) is 9.62. The molecule has 1 fully saturated rings. The number of nitrogens with one attached hydrogen (secondary N) is 1. The number of hydrogen-bond donors (Lipinski definition) is 1. The molecule has 1 saturated heterocycles. The molecule has 0 saturated carbocycles. The van der Waals surface area contributed by atoms with Gasteiger partial charge in [-0.3, -0.25) is 0 Å². The largest absolute Gasteiger partial charge is 0.425 e. The minimum Gasteiger partial charge on any atom is -0.425 e. The number of urea groups is 1. The summed E-state index contributed by atoms with van der Waals surface area (Å²) in [6, 6.07) is 0.0645. The zero-order valence-corrected chi connectivity index (χ0v) is 13.1. The van der Waals surface area contributed by atoms with Crippen molar-refractivity contribution in [1.82, 2.24) is 20.4 Å². The Balaban J connectivity index is 1.42. The smallest absolute Gasteiger partial charge is 0.317 e. The third-order valence-electron chi connectivity index (χ3n) is 4.59. The van der Waals surface area contributed by atoms with Crippen molar-refractivity contribution < 1.29 is 9.21 Å². The number of amides is 2. The Bertz CT molecular complexity index is 532. The Labute approximate surface area is 131 Å². The summed E-state index contributed by atoms with van der Waals surface area (Å²) in [7, 11) is 0. The maximum atomic E-state index is 12.2. The standard InChI is InChI=1S/C16H24N4O2/c1-12-18-19-15(22-12)14-7-9-20(10-8-14)16(21)17-11-13-5-3-2-4-6-13/h2-3,13-14H,4-11H2,1H3,(H,17,21). The molecule has 6 nitrogen and oxygen atoms in total. The van der Waals surface area contributed by atoms with Crippen LogP contribution in [0.4, 0.5) is 4.79 Å². The molecule has 1 aromatic heterocycles. The van der Waals surface area contributed by atoms with E-state index >= 15 is 0 Å². The molecule has 0 spiro atoms. The van der Waals surface area contributed by atoms with Crippen molar-refractivity contribution in [3.63, 3.8) is 0 Å². The van der Waals surface area contributed by atoms with Gasteiger partial charge in [0.05, 0.1) is 0 Å². The minimum atomic E-state index is 0.0645. The highest BCUT2D eigenvalue weighted by molar-refractivity contribution is 5.74. The molecule has 6 heteroatoms. The SMILES string of the molecule is Cc1nnc(C2CCN(C(=O)NCC3CC=CCC3)CC2)o1. The lowest BCUT2D eigenvalue weighted by Crippen LogP contribution is -2.45. The Kier molecular flexibility index (Phi) is 4.75. The van der Waals surface area contributed by atoms with Crippen LogP contribution in [-0.2, 0) is 0 Å². The molecule has 0 aromatic carbocycles. The van der Waals surface area contributed by atoms with Gasteiger partial charge in [0.2, 0.25) is 11.8 Å². The van der Waals surface area contributed by atoms with E-state index in [9.17, 15) is 4.79 Å². The third-order valence-corrected chi connectivity index (χ3v) is 4.59. The molecule has 22 heavy (non-hydrogen) atoms. The number of nitrogens with zero attached hydrogens (tertiary/aromatic N) is 3. The molecule has 1 atom stereocenters. The summed E-state index contributed by atoms with van der Waals surface area (Å²) in [4.78, 5) is 14.1.